The lowest BCUT2D eigenvalue weighted by atomic mass is 10.4. The molecule has 0 amide bonds. The first-order chi connectivity index (χ1) is 9.02. The number of hydrazine groups is 1. The number of rotatable bonds is 4. The number of hydrogen-bond donors (Lipinski definition) is 2. The fraction of sp³-hybridized carbons (Fsp3) is 0.286. The van der Waals surface area contributed by atoms with Gasteiger partial charge in [0.2, 0.25) is 11.1 Å². The van der Waals surface area contributed by atoms with Crippen LogP contribution in [0.3, 0.4) is 0 Å². The van der Waals surface area contributed by atoms with Gasteiger partial charge in [-0.05, 0) is 29.1 Å². The summed E-state index contributed by atoms with van der Waals surface area (Å²) >= 11 is 0.958. The van der Waals surface area contributed by atoms with Crippen molar-refractivity contribution in [2.75, 3.05) is 5.43 Å². The second kappa shape index (κ2) is 5.11. The Kier molecular flexibility index (Phi) is 3.52. The standard InChI is InChI=1S/C7H9N9O2S/c1-3-4(16(17)18)5(10-6(9-3)11-8)19-7-12-13-14-15(7)2/h8H2,1-2H3,(H,9,10,11). The highest BCUT2D eigenvalue weighted by Crippen LogP contribution is 2.33. The van der Waals surface area contributed by atoms with Gasteiger partial charge < -0.3 is 0 Å². The van der Waals surface area contributed by atoms with Crippen molar-refractivity contribution in [2.45, 2.75) is 17.1 Å². The van der Waals surface area contributed by atoms with E-state index >= 15 is 0 Å². The fourth-order valence-electron chi connectivity index (χ4n) is 1.28. The van der Waals surface area contributed by atoms with Crippen LogP contribution in [0.5, 0.6) is 0 Å². The summed E-state index contributed by atoms with van der Waals surface area (Å²) in [6.07, 6.45) is 0. The third-order valence-corrected chi connectivity index (χ3v) is 3.11. The van der Waals surface area contributed by atoms with E-state index in [1.54, 1.807) is 7.05 Å². The summed E-state index contributed by atoms with van der Waals surface area (Å²) in [7, 11) is 1.62. The maximum absolute atomic E-state index is 11.1. The Labute approximate surface area is 110 Å². The van der Waals surface area contributed by atoms with Gasteiger partial charge in [-0.2, -0.15) is 4.98 Å². The Morgan fingerprint density at radius 3 is 2.74 bits per heavy atom. The number of nitrogen functional groups attached to an aromatic ring is 1. The first-order valence-corrected chi connectivity index (χ1v) is 5.74. The second-order valence-corrected chi connectivity index (χ2v) is 4.33. The molecule has 0 aromatic carbocycles. The molecule has 2 aromatic heterocycles. The maximum Gasteiger partial charge on any atom is 0.322 e. The Morgan fingerprint density at radius 1 is 1.47 bits per heavy atom. The molecule has 0 fully saturated rings. The minimum absolute atomic E-state index is 0.0840. The average molecular weight is 283 g/mol. The van der Waals surface area contributed by atoms with Crippen LogP contribution in [0.15, 0.2) is 10.2 Å². The third kappa shape index (κ3) is 2.58. The van der Waals surface area contributed by atoms with Crippen LogP contribution < -0.4 is 11.3 Å². The van der Waals surface area contributed by atoms with Crippen molar-refractivity contribution in [1.82, 2.24) is 30.2 Å². The van der Waals surface area contributed by atoms with E-state index in [9.17, 15) is 10.1 Å². The quantitative estimate of drug-likeness (QED) is 0.329. The average Bonchev–Trinajstić information content (AvgIpc) is 2.73. The molecule has 0 saturated heterocycles. The highest BCUT2D eigenvalue weighted by molar-refractivity contribution is 7.99. The second-order valence-electron chi connectivity index (χ2n) is 3.37. The molecule has 2 aromatic rings. The molecule has 0 saturated carbocycles. The SMILES string of the molecule is Cc1nc(NN)nc(Sc2nnnn2C)c1[N+](=O)[O-]. The van der Waals surface area contributed by atoms with Gasteiger partial charge in [-0.1, -0.05) is 0 Å². The van der Waals surface area contributed by atoms with E-state index in [1.165, 1.54) is 11.6 Å². The Morgan fingerprint density at radius 2 is 2.21 bits per heavy atom. The first-order valence-electron chi connectivity index (χ1n) is 4.92. The molecule has 2 heterocycles. The summed E-state index contributed by atoms with van der Waals surface area (Å²) in [5.74, 6) is 5.30. The van der Waals surface area contributed by atoms with E-state index in [0.29, 0.717) is 5.16 Å². The fourth-order valence-corrected chi connectivity index (χ4v) is 2.15. The summed E-state index contributed by atoms with van der Waals surface area (Å²) in [6, 6.07) is 0. The predicted molar refractivity (Wildman–Crippen MR) is 64.2 cm³/mol. The molecule has 12 heteroatoms. The molecule has 0 aliphatic rings. The Balaban J connectivity index is 2.50. The number of hydrogen-bond acceptors (Lipinski definition) is 10. The molecule has 2 rings (SSSR count). The summed E-state index contributed by atoms with van der Waals surface area (Å²) in [5, 5.41) is 22.3. The van der Waals surface area contributed by atoms with Crippen molar-refractivity contribution in [3.05, 3.63) is 15.8 Å². The summed E-state index contributed by atoms with van der Waals surface area (Å²) < 4.78 is 1.38. The molecule has 3 N–H and O–H groups in total. The normalized spacial score (nSPS) is 10.5. The lowest BCUT2D eigenvalue weighted by Crippen LogP contribution is -2.13. The van der Waals surface area contributed by atoms with Crippen molar-refractivity contribution in [3.8, 4) is 0 Å². The van der Waals surface area contributed by atoms with Gasteiger partial charge in [0.15, 0.2) is 5.03 Å². The topological polar surface area (TPSA) is 151 Å². The van der Waals surface area contributed by atoms with Gasteiger partial charge in [-0.25, -0.2) is 15.5 Å². The van der Waals surface area contributed by atoms with Gasteiger partial charge in [0.1, 0.15) is 5.69 Å². The van der Waals surface area contributed by atoms with Gasteiger partial charge in [0, 0.05) is 7.05 Å². The van der Waals surface area contributed by atoms with E-state index < -0.39 is 4.92 Å². The van der Waals surface area contributed by atoms with Crippen molar-refractivity contribution >= 4 is 23.4 Å². The number of nitrogens with two attached hydrogens (primary N) is 1. The maximum atomic E-state index is 11.1. The largest absolute Gasteiger partial charge is 0.322 e. The van der Waals surface area contributed by atoms with Crippen LogP contribution in [0.2, 0.25) is 0 Å². The Bertz CT molecular complexity index is 627. The molecule has 11 nitrogen and oxygen atoms in total. The number of tetrazole rings is 1. The molecular weight excluding hydrogens is 274 g/mol. The molecule has 100 valence electrons. The number of anilines is 1. The van der Waals surface area contributed by atoms with Crippen LogP contribution in [0.4, 0.5) is 11.6 Å². The minimum atomic E-state index is -0.554. The minimum Gasteiger partial charge on any atom is -0.292 e. The Hall–Kier alpha value is -2.34. The van der Waals surface area contributed by atoms with E-state index in [1.807, 2.05) is 0 Å². The van der Waals surface area contributed by atoms with E-state index in [2.05, 4.69) is 30.9 Å². The molecule has 0 unspecified atom stereocenters. The molecular formula is C7H9N9O2S. The van der Waals surface area contributed by atoms with E-state index in [-0.39, 0.29) is 22.4 Å². The summed E-state index contributed by atoms with van der Waals surface area (Å²) in [6.45, 7) is 1.50. The van der Waals surface area contributed by atoms with Crippen molar-refractivity contribution in [2.24, 2.45) is 12.9 Å². The smallest absolute Gasteiger partial charge is 0.292 e. The van der Waals surface area contributed by atoms with Crippen LogP contribution in [0.25, 0.3) is 0 Å². The first kappa shape index (κ1) is 13.1. The van der Waals surface area contributed by atoms with E-state index in [4.69, 9.17) is 5.84 Å². The molecule has 19 heavy (non-hydrogen) atoms. The molecule has 0 atom stereocenters. The highest BCUT2D eigenvalue weighted by Gasteiger charge is 2.24. The molecule has 0 aliphatic heterocycles. The van der Waals surface area contributed by atoms with Gasteiger partial charge in [0.05, 0.1) is 4.92 Å². The summed E-state index contributed by atoms with van der Waals surface area (Å²) in [5.41, 5.74) is 2.25. The highest BCUT2D eigenvalue weighted by atomic mass is 32.2. The third-order valence-electron chi connectivity index (χ3n) is 2.11. The lowest BCUT2D eigenvalue weighted by Gasteiger charge is -2.05. The van der Waals surface area contributed by atoms with Crippen LogP contribution in [0.1, 0.15) is 5.69 Å². The zero-order chi connectivity index (χ0) is 14.0. The monoisotopic (exact) mass is 283 g/mol. The predicted octanol–water partition coefficient (Wildman–Crippen LogP) is -0.346. The van der Waals surface area contributed by atoms with Crippen molar-refractivity contribution in [1.29, 1.82) is 0 Å². The van der Waals surface area contributed by atoms with Crippen molar-refractivity contribution in [3.63, 3.8) is 0 Å². The van der Waals surface area contributed by atoms with Gasteiger partial charge in [-0.3, -0.25) is 15.5 Å². The van der Waals surface area contributed by atoms with E-state index in [0.717, 1.165) is 11.8 Å². The molecule has 0 bridgehead atoms. The van der Waals surface area contributed by atoms with Crippen LogP contribution >= 0.6 is 11.8 Å². The van der Waals surface area contributed by atoms with Crippen LogP contribution in [-0.2, 0) is 7.05 Å². The molecule has 0 radical (unpaired) electrons. The zero-order valence-corrected chi connectivity index (χ0v) is 10.7. The zero-order valence-electron chi connectivity index (χ0n) is 9.93. The lowest BCUT2D eigenvalue weighted by molar-refractivity contribution is -0.389. The number of aromatic nitrogens is 6. The molecule has 0 aliphatic carbocycles. The van der Waals surface area contributed by atoms with Gasteiger partial charge in [-0.15, -0.1) is 5.10 Å². The number of aryl methyl sites for hydroxylation is 2. The summed E-state index contributed by atoms with van der Waals surface area (Å²) in [4.78, 5) is 18.3. The van der Waals surface area contributed by atoms with Gasteiger partial charge >= 0.3 is 5.69 Å². The van der Waals surface area contributed by atoms with Gasteiger partial charge in [0.25, 0.3) is 0 Å². The number of nitrogens with zero attached hydrogens (tertiary/aromatic N) is 7. The number of nitrogens with one attached hydrogen (secondary N) is 1. The van der Waals surface area contributed by atoms with Crippen LogP contribution in [-0.4, -0.2) is 35.1 Å². The number of nitro groups is 1. The molecule has 0 spiro atoms. The van der Waals surface area contributed by atoms with Crippen molar-refractivity contribution < 1.29 is 4.92 Å². The van der Waals surface area contributed by atoms with Crippen LogP contribution in [0, 0.1) is 17.0 Å².